The predicted molar refractivity (Wildman–Crippen MR) is 110 cm³/mol. The van der Waals surface area contributed by atoms with Gasteiger partial charge in [0.15, 0.2) is 0 Å². The molecule has 1 saturated heterocycles. The van der Waals surface area contributed by atoms with E-state index in [-0.39, 0.29) is 5.91 Å². The Labute approximate surface area is 159 Å². The summed E-state index contributed by atoms with van der Waals surface area (Å²) in [6, 6.07) is 7.07. The van der Waals surface area contributed by atoms with E-state index < -0.39 is 0 Å². The Morgan fingerprint density at radius 2 is 1.65 bits per heavy atom. The van der Waals surface area contributed by atoms with Crippen LogP contribution in [0.4, 0.5) is 5.69 Å². The number of hydrogen-bond acceptors (Lipinski definition) is 2. The molecule has 144 valence electrons. The van der Waals surface area contributed by atoms with Crippen molar-refractivity contribution in [1.29, 1.82) is 0 Å². The molecule has 2 aliphatic rings. The number of anilines is 1. The average Bonchev–Trinajstić information content (AvgIpc) is 2.61. The highest BCUT2D eigenvalue weighted by Crippen LogP contribution is 2.36. The lowest BCUT2D eigenvalue weighted by Gasteiger charge is -2.43. The van der Waals surface area contributed by atoms with Crippen LogP contribution < -0.4 is 5.32 Å². The highest BCUT2D eigenvalue weighted by atomic mass is 16.2. The number of benzene rings is 1. The summed E-state index contributed by atoms with van der Waals surface area (Å²) in [5, 5.41) is 3.30. The number of nitrogens with zero attached hydrogens (tertiary/aromatic N) is 1. The molecule has 2 atom stereocenters. The molecule has 1 aliphatic carbocycles. The number of nitrogens with one attached hydrogen (secondary N) is 1. The molecular weight excluding hydrogens is 320 g/mol. The van der Waals surface area contributed by atoms with Crippen molar-refractivity contribution in [2.24, 2.45) is 5.92 Å². The molecule has 1 aliphatic heterocycles. The molecule has 1 heterocycles. The molecule has 1 aromatic rings. The van der Waals surface area contributed by atoms with Crippen LogP contribution >= 0.6 is 0 Å². The van der Waals surface area contributed by atoms with Crippen LogP contribution in [0.1, 0.15) is 89.2 Å². The topological polar surface area (TPSA) is 32.3 Å². The Morgan fingerprint density at radius 3 is 2.31 bits per heavy atom. The normalized spacial score (nSPS) is 23.9. The third kappa shape index (κ3) is 4.31. The second-order valence-corrected chi connectivity index (χ2v) is 8.89. The molecule has 0 radical (unpaired) electrons. The standard InChI is InChI=1S/C23H36N2O/c1-16(2)19-11-7-12-20(17(3)4)23(19)24-22(26)15-25-14-8-10-18-9-5-6-13-21(18)25/h7,11-12,16-18,21H,5-6,8-10,13-15H2,1-4H3,(H,24,26)/t18-,21+/m1/s1. The molecule has 1 saturated carbocycles. The summed E-state index contributed by atoms with van der Waals surface area (Å²) >= 11 is 0. The predicted octanol–water partition coefficient (Wildman–Crippen LogP) is 5.53. The minimum absolute atomic E-state index is 0.159. The van der Waals surface area contributed by atoms with E-state index in [1.807, 2.05) is 0 Å². The first-order valence-electron chi connectivity index (χ1n) is 10.6. The summed E-state index contributed by atoms with van der Waals surface area (Å²) in [7, 11) is 0. The molecule has 0 bridgehead atoms. The molecule has 1 amide bonds. The Hall–Kier alpha value is -1.35. The number of likely N-dealkylation sites (tertiary alicyclic amines) is 1. The van der Waals surface area contributed by atoms with E-state index in [9.17, 15) is 4.79 Å². The van der Waals surface area contributed by atoms with Crippen LogP contribution in [-0.4, -0.2) is 29.9 Å². The molecule has 26 heavy (non-hydrogen) atoms. The van der Waals surface area contributed by atoms with Gasteiger partial charge in [0.05, 0.1) is 6.54 Å². The van der Waals surface area contributed by atoms with Gasteiger partial charge in [-0.2, -0.15) is 0 Å². The van der Waals surface area contributed by atoms with Crippen molar-refractivity contribution in [3.63, 3.8) is 0 Å². The van der Waals surface area contributed by atoms with Crippen LogP contribution in [0.2, 0.25) is 0 Å². The Kier molecular flexibility index (Phi) is 6.39. The van der Waals surface area contributed by atoms with Crippen LogP contribution in [0.3, 0.4) is 0 Å². The zero-order valence-corrected chi connectivity index (χ0v) is 17.1. The Bertz CT molecular complexity index is 594. The summed E-state index contributed by atoms with van der Waals surface area (Å²) < 4.78 is 0. The van der Waals surface area contributed by atoms with Gasteiger partial charge in [-0.3, -0.25) is 9.69 Å². The fraction of sp³-hybridized carbons (Fsp3) is 0.696. The third-order valence-corrected chi connectivity index (χ3v) is 6.34. The maximum absolute atomic E-state index is 13.0. The van der Waals surface area contributed by atoms with Gasteiger partial charge in [-0.05, 0) is 61.1 Å². The van der Waals surface area contributed by atoms with Crippen molar-refractivity contribution < 1.29 is 4.79 Å². The van der Waals surface area contributed by atoms with Gasteiger partial charge in [0, 0.05) is 11.7 Å². The van der Waals surface area contributed by atoms with Crippen molar-refractivity contribution >= 4 is 11.6 Å². The number of carbonyl (C=O) groups is 1. The third-order valence-electron chi connectivity index (χ3n) is 6.34. The SMILES string of the molecule is CC(C)c1cccc(C(C)C)c1NC(=O)CN1CCC[C@H]2CCCC[C@@H]21. The summed E-state index contributed by atoms with van der Waals surface area (Å²) in [5.41, 5.74) is 3.55. The van der Waals surface area contributed by atoms with Crippen molar-refractivity contribution in [3.8, 4) is 0 Å². The molecule has 0 aromatic heterocycles. The average molecular weight is 357 g/mol. The first-order chi connectivity index (χ1) is 12.5. The number of amides is 1. The quantitative estimate of drug-likeness (QED) is 0.752. The number of rotatable bonds is 5. The van der Waals surface area contributed by atoms with Gasteiger partial charge in [0.25, 0.3) is 0 Å². The van der Waals surface area contributed by atoms with Crippen molar-refractivity contribution in [2.45, 2.75) is 84.1 Å². The molecule has 0 unspecified atom stereocenters. The molecule has 1 aromatic carbocycles. The van der Waals surface area contributed by atoms with Crippen LogP contribution in [-0.2, 0) is 4.79 Å². The molecule has 0 spiro atoms. The summed E-state index contributed by atoms with van der Waals surface area (Å²) in [4.78, 5) is 15.4. The van der Waals surface area contributed by atoms with Gasteiger partial charge in [-0.15, -0.1) is 0 Å². The largest absolute Gasteiger partial charge is 0.324 e. The lowest BCUT2D eigenvalue weighted by atomic mass is 9.78. The molecule has 3 nitrogen and oxygen atoms in total. The van der Waals surface area contributed by atoms with Crippen LogP contribution in [0.25, 0.3) is 0 Å². The van der Waals surface area contributed by atoms with E-state index in [1.165, 1.54) is 49.7 Å². The molecule has 1 N–H and O–H groups in total. The molecule has 2 fully saturated rings. The van der Waals surface area contributed by atoms with Crippen LogP contribution in [0, 0.1) is 5.92 Å². The Balaban J connectivity index is 1.73. The zero-order valence-electron chi connectivity index (χ0n) is 17.1. The fourth-order valence-electron chi connectivity index (χ4n) is 4.98. The van der Waals surface area contributed by atoms with E-state index in [0.29, 0.717) is 24.4 Å². The van der Waals surface area contributed by atoms with E-state index in [4.69, 9.17) is 0 Å². The maximum Gasteiger partial charge on any atom is 0.238 e. The summed E-state index contributed by atoms with van der Waals surface area (Å²) in [5.74, 6) is 1.79. The van der Waals surface area contributed by atoms with Gasteiger partial charge in [0.2, 0.25) is 5.91 Å². The number of carbonyl (C=O) groups excluding carboxylic acids is 1. The van der Waals surface area contributed by atoms with Gasteiger partial charge < -0.3 is 5.32 Å². The second kappa shape index (κ2) is 8.56. The number of para-hydroxylation sites is 1. The van der Waals surface area contributed by atoms with Crippen LogP contribution in [0.5, 0.6) is 0 Å². The fourth-order valence-corrected chi connectivity index (χ4v) is 4.98. The van der Waals surface area contributed by atoms with Crippen molar-refractivity contribution in [1.82, 2.24) is 4.90 Å². The van der Waals surface area contributed by atoms with E-state index in [1.54, 1.807) is 0 Å². The van der Waals surface area contributed by atoms with Gasteiger partial charge in [0.1, 0.15) is 0 Å². The number of piperidine rings is 1. The minimum Gasteiger partial charge on any atom is -0.324 e. The van der Waals surface area contributed by atoms with Gasteiger partial charge in [-0.25, -0.2) is 0 Å². The minimum atomic E-state index is 0.159. The van der Waals surface area contributed by atoms with E-state index >= 15 is 0 Å². The van der Waals surface area contributed by atoms with Gasteiger partial charge >= 0.3 is 0 Å². The highest BCUT2D eigenvalue weighted by Gasteiger charge is 2.34. The molecular formula is C23H36N2O. The van der Waals surface area contributed by atoms with Crippen molar-refractivity contribution in [2.75, 3.05) is 18.4 Å². The molecule has 3 rings (SSSR count). The zero-order chi connectivity index (χ0) is 18.7. The number of hydrogen-bond donors (Lipinski definition) is 1. The van der Waals surface area contributed by atoms with E-state index in [2.05, 4.69) is 56.1 Å². The summed E-state index contributed by atoms with van der Waals surface area (Å²) in [6.07, 6.45) is 7.94. The maximum atomic E-state index is 13.0. The van der Waals surface area contributed by atoms with Crippen molar-refractivity contribution in [3.05, 3.63) is 29.3 Å². The highest BCUT2D eigenvalue weighted by molar-refractivity contribution is 5.94. The lowest BCUT2D eigenvalue weighted by molar-refractivity contribution is -0.118. The smallest absolute Gasteiger partial charge is 0.238 e. The second-order valence-electron chi connectivity index (χ2n) is 8.89. The monoisotopic (exact) mass is 356 g/mol. The first kappa shape index (κ1) is 19.4. The van der Waals surface area contributed by atoms with Gasteiger partial charge in [-0.1, -0.05) is 58.7 Å². The number of fused-ring (bicyclic) bond motifs is 1. The molecule has 3 heteroatoms. The van der Waals surface area contributed by atoms with Crippen LogP contribution in [0.15, 0.2) is 18.2 Å². The Morgan fingerprint density at radius 1 is 1.04 bits per heavy atom. The lowest BCUT2D eigenvalue weighted by Crippen LogP contribution is -2.49. The van der Waals surface area contributed by atoms with E-state index in [0.717, 1.165) is 18.2 Å². The first-order valence-corrected chi connectivity index (χ1v) is 10.6. The summed E-state index contributed by atoms with van der Waals surface area (Å²) in [6.45, 7) is 10.4.